The van der Waals surface area contributed by atoms with Gasteiger partial charge in [-0.05, 0) is 25.5 Å². The molecule has 1 aromatic carbocycles. The van der Waals surface area contributed by atoms with E-state index >= 15 is 0 Å². The average Bonchev–Trinajstić information content (AvgIpc) is 2.84. The van der Waals surface area contributed by atoms with Crippen molar-refractivity contribution < 1.29 is 8.78 Å². The Labute approximate surface area is 117 Å². The largest absolute Gasteiger partial charge is 0.304 e. The van der Waals surface area contributed by atoms with Crippen molar-refractivity contribution in [2.24, 2.45) is 0 Å². The Morgan fingerprint density at radius 3 is 2.80 bits per heavy atom. The van der Waals surface area contributed by atoms with Crippen LogP contribution in [0.15, 0.2) is 30.5 Å². The van der Waals surface area contributed by atoms with Gasteiger partial charge in [-0.3, -0.25) is 4.68 Å². The first kappa shape index (κ1) is 14.7. The third-order valence-corrected chi connectivity index (χ3v) is 3.26. The van der Waals surface area contributed by atoms with Crippen LogP contribution in [-0.4, -0.2) is 9.78 Å². The smallest absolute Gasteiger partial charge is 0.130 e. The number of hydrogen-bond donors (Lipinski definition) is 1. The fraction of sp³-hybridized carbons (Fsp3) is 0.400. The summed E-state index contributed by atoms with van der Waals surface area (Å²) in [5.41, 5.74) is 1.52. The Balaban J connectivity index is 2.01. The van der Waals surface area contributed by atoms with Gasteiger partial charge in [0.2, 0.25) is 0 Å². The molecule has 0 bridgehead atoms. The number of aryl methyl sites for hydroxylation is 1. The van der Waals surface area contributed by atoms with Crippen molar-refractivity contribution in [1.82, 2.24) is 15.1 Å². The van der Waals surface area contributed by atoms with Crippen LogP contribution in [0.25, 0.3) is 0 Å². The number of nitrogens with zero attached hydrogens (tertiary/aromatic N) is 2. The van der Waals surface area contributed by atoms with Crippen molar-refractivity contribution in [2.45, 2.75) is 39.4 Å². The number of aromatic nitrogens is 2. The highest BCUT2D eigenvalue weighted by molar-refractivity contribution is 5.21. The van der Waals surface area contributed by atoms with Crippen molar-refractivity contribution in [1.29, 1.82) is 0 Å². The van der Waals surface area contributed by atoms with Crippen LogP contribution >= 0.6 is 0 Å². The minimum atomic E-state index is -0.556. The molecule has 1 atom stereocenters. The second-order valence-electron chi connectivity index (χ2n) is 4.81. The molecule has 0 saturated heterocycles. The molecular formula is C15H19F2N3. The van der Waals surface area contributed by atoms with Gasteiger partial charge in [-0.1, -0.05) is 13.0 Å². The van der Waals surface area contributed by atoms with E-state index in [1.165, 1.54) is 12.1 Å². The maximum absolute atomic E-state index is 13.7. The molecule has 0 radical (unpaired) electrons. The van der Waals surface area contributed by atoms with Gasteiger partial charge < -0.3 is 5.32 Å². The van der Waals surface area contributed by atoms with Crippen molar-refractivity contribution in [3.8, 4) is 0 Å². The van der Waals surface area contributed by atoms with E-state index in [0.29, 0.717) is 12.1 Å². The van der Waals surface area contributed by atoms with Crippen LogP contribution < -0.4 is 5.32 Å². The summed E-state index contributed by atoms with van der Waals surface area (Å²) in [5.74, 6) is -1.08. The molecule has 20 heavy (non-hydrogen) atoms. The standard InChI is InChI=1S/C15H19F2N3/c1-3-8-20-13(6-7-19-20)10-18-11(2)14-5-4-12(16)9-15(14)17/h4-7,9,11,18H,3,8,10H2,1-2H3. The van der Waals surface area contributed by atoms with Crippen LogP contribution in [0.3, 0.4) is 0 Å². The lowest BCUT2D eigenvalue weighted by Crippen LogP contribution is -2.21. The van der Waals surface area contributed by atoms with E-state index in [1.54, 1.807) is 6.20 Å². The lowest BCUT2D eigenvalue weighted by atomic mass is 10.1. The SMILES string of the molecule is CCCn1nccc1CNC(C)c1ccc(F)cc1F. The van der Waals surface area contributed by atoms with E-state index < -0.39 is 11.6 Å². The Bertz CT molecular complexity index is 566. The zero-order valence-electron chi connectivity index (χ0n) is 11.7. The van der Waals surface area contributed by atoms with Gasteiger partial charge in [0.25, 0.3) is 0 Å². The van der Waals surface area contributed by atoms with Gasteiger partial charge in [-0.25, -0.2) is 8.78 Å². The highest BCUT2D eigenvalue weighted by atomic mass is 19.1. The summed E-state index contributed by atoms with van der Waals surface area (Å²) in [7, 11) is 0. The van der Waals surface area contributed by atoms with Crippen LogP contribution in [0.4, 0.5) is 8.78 Å². The van der Waals surface area contributed by atoms with E-state index in [-0.39, 0.29) is 6.04 Å². The number of hydrogen-bond acceptors (Lipinski definition) is 2. The summed E-state index contributed by atoms with van der Waals surface area (Å²) in [6, 6.07) is 5.41. The quantitative estimate of drug-likeness (QED) is 0.878. The van der Waals surface area contributed by atoms with Crippen molar-refractivity contribution in [3.05, 3.63) is 53.4 Å². The van der Waals surface area contributed by atoms with Crippen molar-refractivity contribution in [2.75, 3.05) is 0 Å². The van der Waals surface area contributed by atoms with Gasteiger partial charge in [0.15, 0.2) is 0 Å². The molecule has 1 N–H and O–H groups in total. The molecule has 0 saturated carbocycles. The third-order valence-electron chi connectivity index (χ3n) is 3.26. The molecule has 0 fully saturated rings. The van der Waals surface area contributed by atoms with E-state index in [9.17, 15) is 8.78 Å². The molecule has 1 unspecified atom stereocenters. The lowest BCUT2D eigenvalue weighted by molar-refractivity contribution is 0.494. The molecule has 0 aliphatic carbocycles. The fourth-order valence-electron chi connectivity index (χ4n) is 2.14. The molecular weight excluding hydrogens is 260 g/mol. The lowest BCUT2D eigenvalue weighted by Gasteiger charge is -2.15. The van der Waals surface area contributed by atoms with Crippen molar-refractivity contribution in [3.63, 3.8) is 0 Å². The van der Waals surface area contributed by atoms with E-state index in [2.05, 4.69) is 17.3 Å². The van der Waals surface area contributed by atoms with Gasteiger partial charge in [-0.15, -0.1) is 0 Å². The van der Waals surface area contributed by atoms with Gasteiger partial charge in [-0.2, -0.15) is 5.10 Å². The first-order valence-corrected chi connectivity index (χ1v) is 6.80. The first-order chi connectivity index (χ1) is 9.61. The topological polar surface area (TPSA) is 29.9 Å². The average molecular weight is 279 g/mol. The number of nitrogens with one attached hydrogen (secondary N) is 1. The zero-order chi connectivity index (χ0) is 14.5. The maximum Gasteiger partial charge on any atom is 0.130 e. The van der Waals surface area contributed by atoms with E-state index in [0.717, 1.165) is 24.7 Å². The summed E-state index contributed by atoms with van der Waals surface area (Å²) in [5, 5.41) is 7.48. The molecule has 1 aromatic heterocycles. The normalized spacial score (nSPS) is 12.6. The molecule has 3 nitrogen and oxygen atoms in total. The summed E-state index contributed by atoms with van der Waals surface area (Å²) in [6.07, 6.45) is 2.77. The highest BCUT2D eigenvalue weighted by Gasteiger charge is 2.12. The minimum absolute atomic E-state index is 0.194. The van der Waals surface area contributed by atoms with Gasteiger partial charge in [0, 0.05) is 37.0 Å². The predicted molar refractivity (Wildman–Crippen MR) is 74.1 cm³/mol. The third kappa shape index (κ3) is 3.42. The fourth-order valence-corrected chi connectivity index (χ4v) is 2.14. The summed E-state index contributed by atoms with van der Waals surface area (Å²) < 4.78 is 28.5. The minimum Gasteiger partial charge on any atom is -0.304 e. The Morgan fingerprint density at radius 1 is 1.30 bits per heavy atom. The summed E-state index contributed by atoms with van der Waals surface area (Å²) in [4.78, 5) is 0. The molecule has 0 spiro atoms. The Kier molecular flexibility index (Phi) is 4.84. The number of halogens is 2. The molecule has 2 rings (SSSR count). The Hall–Kier alpha value is -1.75. The summed E-state index contributed by atoms with van der Waals surface area (Å²) in [6.45, 7) is 5.41. The number of rotatable bonds is 6. The molecule has 2 aromatic rings. The monoisotopic (exact) mass is 279 g/mol. The summed E-state index contributed by atoms with van der Waals surface area (Å²) >= 11 is 0. The van der Waals surface area contributed by atoms with Crippen LogP contribution in [-0.2, 0) is 13.1 Å². The van der Waals surface area contributed by atoms with Crippen LogP contribution in [0.2, 0.25) is 0 Å². The number of benzene rings is 1. The second kappa shape index (κ2) is 6.61. The molecule has 0 aliphatic rings. The van der Waals surface area contributed by atoms with Gasteiger partial charge in [0.1, 0.15) is 11.6 Å². The molecule has 5 heteroatoms. The van der Waals surface area contributed by atoms with Crippen LogP contribution in [0.1, 0.15) is 37.6 Å². The Morgan fingerprint density at radius 2 is 2.10 bits per heavy atom. The molecule has 0 aliphatic heterocycles. The van der Waals surface area contributed by atoms with Crippen LogP contribution in [0, 0.1) is 11.6 Å². The van der Waals surface area contributed by atoms with E-state index in [1.807, 2.05) is 17.7 Å². The zero-order valence-corrected chi connectivity index (χ0v) is 11.7. The molecule has 0 amide bonds. The highest BCUT2D eigenvalue weighted by Crippen LogP contribution is 2.18. The second-order valence-corrected chi connectivity index (χ2v) is 4.81. The van der Waals surface area contributed by atoms with Crippen LogP contribution in [0.5, 0.6) is 0 Å². The molecule has 108 valence electrons. The first-order valence-electron chi connectivity index (χ1n) is 6.80. The predicted octanol–water partition coefficient (Wildman–Crippen LogP) is 3.42. The van der Waals surface area contributed by atoms with Gasteiger partial charge >= 0.3 is 0 Å². The maximum atomic E-state index is 13.7. The van der Waals surface area contributed by atoms with Crippen molar-refractivity contribution >= 4 is 0 Å². The molecule has 1 heterocycles. The van der Waals surface area contributed by atoms with Gasteiger partial charge in [0.05, 0.1) is 5.69 Å². The van der Waals surface area contributed by atoms with E-state index in [4.69, 9.17) is 0 Å².